The van der Waals surface area contributed by atoms with Crippen LogP contribution in [0.25, 0.3) is 0 Å². The maximum absolute atomic E-state index is 4.93. The van der Waals surface area contributed by atoms with Gasteiger partial charge in [-0.3, -0.25) is 0 Å². The van der Waals surface area contributed by atoms with Crippen molar-refractivity contribution in [3.63, 3.8) is 0 Å². The van der Waals surface area contributed by atoms with Crippen molar-refractivity contribution in [2.45, 2.75) is 51.4 Å². The molecule has 106 valence electrons. The summed E-state index contributed by atoms with van der Waals surface area (Å²) in [6.07, 6.45) is 2.56. The Morgan fingerprint density at radius 3 is 2.37 bits per heavy atom. The molecule has 1 aromatic carbocycles. The third-order valence-electron chi connectivity index (χ3n) is 2.59. The molecule has 0 heterocycles. The summed E-state index contributed by atoms with van der Waals surface area (Å²) in [6, 6.07) is 10.5. The van der Waals surface area contributed by atoms with Gasteiger partial charge in [0.15, 0.2) is 0 Å². The van der Waals surface area contributed by atoms with Crippen LogP contribution in [0.5, 0.6) is 0 Å². The van der Waals surface area contributed by atoms with E-state index in [1.807, 2.05) is 0 Å². The van der Waals surface area contributed by atoms with Gasteiger partial charge in [-0.2, -0.15) is 0 Å². The molecule has 0 aliphatic rings. The Morgan fingerprint density at radius 2 is 1.84 bits per heavy atom. The molecule has 0 saturated carbocycles. The third kappa shape index (κ3) is 6.26. The molecule has 0 unspecified atom stereocenters. The van der Waals surface area contributed by atoms with E-state index in [4.69, 9.17) is 4.99 Å². The van der Waals surface area contributed by atoms with Gasteiger partial charge in [0.2, 0.25) is 0 Å². The fraction of sp³-hybridized carbons (Fsp3) is 0.562. The van der Waals surface area contributed by atoms with Crippen LogP contribution < -0.4 is 4.90 Å². The average molecular weight is 325 g/mol. The summed E-state index contributed by atoms with van der Waals surface area (Å²) >= 11 is 0.452. The van der Waals surface area contributed by atoms with Gasteiger partial charge in [-0.05, 0) is 0 Å². The van der Waals surface area contributed by atoms with E-state index < -0.39 is 0 Å². The molecule has 0 bridgehead atoms. The molecule has 1 aromatic rings. The molecule has 3 heteroatoms. The van der Waals surface area contributed by atoms with Crippen molar-refractivity contribution in [1.29, 1.82) is 0 Å². The first-order chi connectivity index (χ1) is 8.94. The van der Waals surface area contributed by atoms with E-state index in [-0.39, 0.29) is 5.54 Å². The van der Waals surface area contributed by atoms with Crippen LogP contribution in [-0.2, 0) is 0 Å². The molecule has 0 spiro atoms. The van der Waals surface area contributed by atoms with Crippen molar-refractivity contribution < 1.29 is 0 Å². The normalized spacial score (nSPS) is 12.6. The Morgan fingerprint density at radius 1 is 1.21 bits per heavy atom. The molecule has 2 nitrogen and oxygen atoms in total. The quantitative estimate of drug-likeness (QED) is 0.343. The van der Waals surface area contributed by atoms with Crippen molar-refractivity contribution in [3.05, 3.63) is 30.3 Å². The van der Waals surface area contributed by atoms with Gasteiger partial charge in [0.05, 0.1) is 0 Å². The van der Waals surface area contributed by atoms with Crippen LogP contribution in [0.1, 0.15) is 40.5 Å². The molecular formula is C16H26N2Se. The standard InChI is InChI=1S/C16H26N2Se/c1-6-7-13-19-15(17-16(2,3)4)18(5)14-11-9-8-10-12-14/h8-12H,6-7,13H2,1-5H3. The minimum absolute atomic E-state index is 0.00760. The number of benzene rings is 1. The van der Waals surface area contributed by atoms with Crippen molar-refractivity contribution >= 4 is 25.4 Å². The van der Waals surface area contributed by atoms with Gasteiger partial charge in [0, 0.05) is 0 Å². The number of aliphatic imine (C=N–C) groups is 1. The Labute approximate surface area is 124 Å². The van der Waals surface area contributed by atoms with Crippen LogP contribution in [0, 0.1) is 0 Å². The molecular weight excluding hydrogens is 299 g/mol. The van der Waals surface area contributed by atoms with Gasteiger partial charge < -0.3 is 0 Å². The van der Waals surface area contributed by atoms with Crippen LogP contribution in [-0.4, -0.2) is 32.3 Å². The number of hydrogen-bond donors (Lipinski definition) is 0. The van der Waals surface area contributed by atoms with Gasteiger partial charge >= 0.3 is 124 Å². The fourth-order valence-electron chi connectivity index (χ4n) is 1.56. The second-order valence-corrected chi connectivity index (χ2v) is 7.89. The van der Waals surface area contributed by atoms with Gasteiger partial charge in [-0.15, -0.1) is 0 Å². The summed E-state index contributed by atoms with van der Waals surface area (Å²) in [4.78, 5) is 7.18. The van der Waals surface area contributed by atoms with Crippen molar-refractivity contribution in [2.75, 3.05) is 11.9 Å². The molecule has 0 aliphatic carbocycles. The molecule has 19 heavy (non-hydrogen) atoms. The minimum atomic E-state index is -0.00760. The van der Waals surface area contributed by atoms with Gasteiger partial charge in [0.25, 0.3) is 0 Å². The van der Waals surface area contributed by atoms with Crippen molar-refractivity contribution in [3.8, 4) is 0 Å². The Hall–Kier alpha value is -0.791. The summed E-state index contributed by atoms with van der Waals surface area (Å²) in [6.45, 7) is 8.75. The van der Waals surface area contributed by atoms with Gasteiger partial charge in [-0.1, -0.05) is 0 Å². The topological polar surface area (TPSA) is 15.6 Å². The first-order valence-corrected chi connectivity index (χ1v) is 9.02. The average Bonchev–Trinajstić information content (AvgIpc) is 2.36. The van der Waals surface area contributed by atoms with E-state index in [1.54, 1.807) is 0 Å². The third-order valence-corrected chi connectivity index (χ3v) is 4.93. The van der Waals surface area contributed by atoms with Crippen molar-refractivity contribution in [2.24, 2.45) is 4.99 Å². The van der Waals surface area contributed by atoms with E-state index in [1.165, 1.54) is 28.6 Å². The van der Waals surface area contributed by atoms with E-state index in [2.05, 4.69) is 70.0 Å². The van der Waals surface area contributed by atoms with Crippen LogP contribution in [0.15, 0.2) is 35.3 Å². The second kappa shape index (κ2) is 7.71. The zero-order valence-electron chi connectivity index (χ0n) is 12.8. The number of rotatable bonds is 5. The number of para-hydroxylation sites is 1. The Balaban J connectivity index is 2.87. The zero-order chi connectivity index (χ0) is 14.3. The number of unbranched alkanes of at least 4 members (excludes halogenated alkanes) is 1. The first kappa shape index (κ1) is 16.3. The second-order valence-electron chi connectivity index (χ2n) is 5.66. The van der Waals surface area contributed by atoms with Crippen LogP contribution in [0.4, 0.5) is 5.69 Å². The molecule has 0 radical (unpaired) electrons. The van der Waals surface area contributed by atoms with E-state index in [0.29, 0.717) is 15.0 Å². The van der Waals surface area contributed by atoms with Crippen LogP contribution >= 0.6 is 0 Å². The van der Waals surface area contributed by atoms with Crippen LogP contribution in [0.2, 0.25) is 5.32 Å². The summed E-state index contributed by atoms with van der Waals surface area (Å²) < 4.78 is 1.25. The number of anilines is 1. The fourth-order valence-corrected chi connectivity index (χ4v) is 4.19. The molecule has 0 fully saturated rings. The molecule has 0 saturated heterocycles. The van der Waals surface area contributed by atoms with Gasteiger partial charge in [0.1, 0.15) is 0 Å². The Kier molecular flexibility index (Phi) is 6.60. The van der Waals surface area contributed by atoms with E-state index in [0.717, 1.165) is 0 Å². The number of hydrogen-bond acceptors (Lipinski definition) is 1. The maximum atomic E-state index is 4.93. The number of amidine groups is 1. The van der Waals surface area contributed by atoms with Gasteiger partial charge in [-0.25, -0.2) is 0 Å². The summed E-state index contributed by atoms with van der Waals surface area (Å²) in [7, 11) is 2.13. The Bertz CT molecular complexity index is 393. The van der Waals surface area contributed by atoms with E-state index >= 15 is 0 Å². The molecule has 0 amide bonds. The monoisotopic (exact) mass is 326 g/mol. The molecule has 0 aromatic heterocycles. The number of nitrogens with zero attached hydrogens (tertiary/aromatic N) is 2. The summed E-state index contributed by atoms with van der Waals surface area (Å²) in [5.74, 6) is 0. The SMILES string of the molecule is CCCC[Se]C(=NC(C)(C)C)N(C)c1ccccc1. The summed E-state index contributed by atoms with van der Waals surface area (Å²) in [5, 5.41) is 1.27. The van der Waals surface area contributed by atoms with Crippen LogP contribution in [0.3, 0.4) is 0 Å². The molecule has 0 atom stereocenters. The first-order valence-electron chi connectivity index (χ1n) is 6.95. The molecule has 1 rings (SSSR count). The zero-order valence-corrected chi connectivity index (χ0v) is 14.5. The predicted molar refractivity (Wildman–Crippen MR) is 87.5 cm³/mol. The molecule has 0 N–H and O–H groups in total. The molecule has 0 aliphatic heterocycles. The van der Waals surface area contributed by atoms with Crippen molar-refractivity contribution in [1.82, 2.24) is 0 Å². The predicted octanol–water partition coefficient (Wildman–Crippen LogP) is 4.20. The summed E-state index contributed by atoms with van der Waals surface area (Å²) in [5.41, 5.74) is 1.22. The van der Waals surface area contributed by atoms with E-state index in [9.17, 15) is 0 Å².